The molecule has 0 spiro atoms. The lowest BCUT2D eigenvalue weighted by atomic mass is 9.40. The van der Waals surface area contributed by atoms with E-state index in [4.69, 9.17) is 5.73 Å². The molecule has 3 atom stereocenters. The number of benzene rings is 1. The molecule has 0 radical (unpaired) electrons. The fraction of sp³-hybridized carbons (Fsp3) is 0.607. The second kappa shape index (κ2) is 7.69. The number of nitrogens with two attached hydrogens (primary N) is 1. The van der Waals surface area contributed by atoms with Gasteiger partial charge in [0.25, 0.3) is 5.56 Å². The monoisotopic (exact) mass is 463 g/mol. The molecule has 1 aromatic heterocycles. The van der Waals surface area contributed by atoms with Crippen molar-refractivity contribution >= 4 is 28.3 Å². The summed E-state index contributed by atoms with van der Waals surface area (Å²) in [6.07, 6.45) is 9.52. The van der Waals surface area contributed by atoms with E-state index in [1.807, 2.05) is 19.9 Å². The van der Waals surface area contributed by atoms with Gasteiger partial charge in [-0.25, -0.2) is 0 Å². The Bertz CT molecular complexity index is 1210. The predicted octanol–water partition coefficient (Wildman–Crippen LogP) is 5.01. The molecular weight excluding hydrogens is 426 g/mol. The van der Waals surface area contributed by atoms with Crippen molar-refractivity contribution in [2.24, 2.45) is 33.8 Å². The zero-order valence-corrected chi connectivity index (χ0v) is 20.8. The minimum atomic E-state index is -0.714. The maximum absolute atomic E-state index is 13.3. The lowest BCUT2D eigenvalue weighted by molar-refractivity contribution is -0.153. The van der Waals surface area contributed by atoms with Crippen molar-refractivity contribution in [1.29, 1.82) is 0 Å². The SMILES string of the molecule is CC(C)[C@@H](C(N)=O)n1ccc2c(NC(=O)CC34CC5CC(C)(CC(C)(C5)C3)C4)cccc2c1=O. The number of fused-ring (bicyclic) bond motifs is 1. The molecular formula is C28H37N3O3. The number of carbonyl (C=O) groups excluding carboxylic acids is 2. The third-order valence-electron chi connectivity index (χ3n) is 8.75. The fourth-order valence-corrected chi connectivity index (χ4v) is 8.82. The Morgan fingerprint density at radius 1 is 1.06 bits per heavy atom. The highest BCUT2D eigenvalue weighted by Gasteiger charge is 2.60. The van der Waals surface area contributed by atoms with Gasteiger partial charge in [-0.05, 0) is 84.8 Å². The summed E-state index contributed by atoms with van der Waals surface area (Å²) in [6, 6.07) is 6.46. The summed E-state index contributed by atoms with van der Waals surface area (Å²) in [5.74, 6) is 0.135. The summed E-state index contributed by atoms with van der Waals surface area (Å²) in [6.45, 7) is 8.59. The number of anilines is 1. The molecule has 4 aliphatic carbocycles. The second-order valence-electron chi connectivity index (χ2n) is 12.7. The van der Waals surface area contributed by atoms with Crippen LogP contribution in [0.15, 0.2) is 35.3 Å². The molecule has 1 heterocycles. The van der Waals surface area contributed by atoms with Gasteiger partial charge in [0.2, 0.25) is 11.8 Å². The first-order valence-electron chi connectivity index (χ1n) is 12.6. The highest BCUT2D eigenvalue weighted by Crippen LogP contribution is 2.70. The number of aromatic nitrogens is 1. The van der Waals surface area contributed by atoms with Crippen LogP contribution in [-0.2, 0) is 9.59 Å². The molecule has 2 aromatic rings. The van der Waals surface area contributed by atoms with Gasteiger partial charge in [0, 0.05) is 29.1 Å². The third-order valence-corrected chi connectivity index (χ3v) is 8.75. The highest BCUT2D eigenvalue weighted by molar-refractivity contribution is 6.02. The Labute approximate surface area is 201 Å². The lowest BCUT2D eigenvalue weighted by Gasteiger charge is -2.65. The highest BCUT2D eigenvalue weighted by atomic mass is 16.2. The number of hydrogen-bond donors (Lipinski definition) is 2. The van der Waals surface area contributed by atoms with Gasteiger partial charge in [-0.3, -0.25) is 14.4 Å². The van der Waals surface area contributed by atoms with Gasteiger partial charge in [-0.2, -0.15) is 0 Å². The van der Waals surface area contributed by atoms with Crippen molar-refractivity contribution in [2.45, 2.75) is 78.7 Å². The molecule has 1 aromatic carbocycles. The van der Waals surface area contributed by atoms with Crippen molar-refractivity contribution in [3.8, 4) is 0 Å². The summed E-state index contributed by atoms with van der Waals surface area (Å²) in [5, 5.41) is 4.29. The van der Waals surface area contributed by atoms with Crippen molar-refractivity contribution in [2.75, 3.05) is 5.32 Å². The van der Waals surface area contributed by atoms with Gasteiger partial charge in [0.15, 0.2) is 0 Å². The molecule has 6 rings (SSSR count). The largest absolute Gasteiger partial charge is 0.368 e. The first kappa shape index (κ1) is 23.1. The predicted molar refractivity (Wildman–Crippen MR) is 134 cm³/mol. The summed E-state index contributed by atoms with van der Waals surface area (Å²) in [4.78, 5) is 38.6. The zero-order valence-electron chi connectivity index (χ0n) is 20.8. The topological polar surface area (TPSA) is 94.2 Å². The van der Waals surface area contributed by atoms with E-state index in [-0.39, 0.29) is 22.8 Å². The molecule has 182 valence electrons. The van der Waals surface area contributed by atoms with Crippen LogP contribution in [0.1, 0.15) is 78.7 Å². The standard InChI is InChI=1S/C28H37N3O3/c1-17(2)23(24(29)33)31-9-8-19-20(25(31)34)6-5-7-21(19)30-22(32)13-28-12-18-10-26(3,15-28)14-27(4,11-18)16-28/h5-9,17-18,23H,10-16H2,1-4H3,(H2,29,33)(H,30,32)/t18?,23-,26?,27?,28?/m0/s1. The van der Waals surface area contributed by atoms with Gasteiger partial charge in [-0.1, -0.05) is 33.8 Å². The van der Waals surface area contributed by atoms with Crippen LogP contribution < -0.4 is 16.6 Å². The summed E-state index contributed by atoms with van der Waals surface area (Å²) in [7, 11) is 0. The maximum atomic E-state index is 13.3. The Kier molecular flexibility index (Phi) is 5.23. The van der Waals surface area contributed by atoms with E-state index in [2.05, 4.69) is 19.2 Å². The molecule has 3 N–H and O–H groups in total. The van der Waals surface area contributed by atoms with E-state index in [0.29, 0.717) is 33.7 Å². The van der Waals surface area contributed by atoms with E-state index in [1.54, 1.807) is 24.4 Å². The van der Waals surface area contributed by atoms with Gasteiger partial charge in [-0.15, -0.1) is 0 Å². The molecule has 4 aliphatic rings. The van der Waals surface area contributed by atoms with E-state index in [9.17, 15) is 14.4 Å². The van der Waals surface area contributed by atoms with Crippen LogP contribution in [0.4, 0.5) is 5.69 Å². The fourth-order valence-electron chi connectivity index (χ4n) is 8.82. The number of amides is 2. The van der Waals surface area contributed by atoms with Gasteiger partial charge >= 0.3 is 0 Å². The Hall–Kier alpha value is -2.63. The minimum Gasteiger partial charge on any atom is -0.368 e. The summed E-state index contributed by atoms with van der Waals surface area (Å²) < 4.78 is 1.41. The number of hydrogen-bond acceptors (Lipinski definition) is 3. The van der Waals surface area contributed by atoms with Crippen LogP contribution in [0.2, 0.25) is 0 Å². The Morgan fingerprint density at radius 2 is 1.74 bits per heavy atom. The first-order chi connectivity index (χ1) is 15.9. The van der Waals surface area contributed by atoms with Crippen LogP contribution in [0, 0.1) is 28.1 Å². The van der Waals surface area contributed by atoms with E-state index < -0.39 is 11.9 Å². The van der Waals surface area contributed by atoms with Crippen molar-refractivity contribution in [3.63, 3.8) is 0 Å². The van der Waals surface area contributed by atoms with Crippen LogP contribution in [0.3, 0.4) is 0 Å². The molecule has 2 amide bonds. The average Bonchev–Trinajstić information content (AvgIpc) is 2.66. The molecule has 6 nitrogen and oxygen atoms in total. The van der Waals surface area contributed by atoms with Gasteiger partial charge < -0.3 is 15.6 Å². The number of carbonyl (C=O) groups is 2. The number of nitrogens with one attached hydrogen (secondary N) is 1. The van der Waals surface area contributed by atoms with E-state index >= 15 is 0 Å². The van der Waals surface area contributed by atoms with Crippen LogP contribution in [0.25, 0.3) is 10.8 Å². The molecule has 4 bridgehead atoms. The normalized spacial score (nSPS) is 32.8. The first-order valence-corrected chi connectivity index (χ1v) is 12.6. The Morgan fingerprint density at radius 3 is 2.32 bits per heavy atom. The van der Waals surface area contributed by atoms with Crippen molar-refractivity contribution in [3.05, 3.63) is 40.8 Å². The Balaban J connectivity index is 1.41. The van der Waals surface area contributed by atoms with Gasteiger partial charge in [0.1, 0.15) is 6.04 Å². The van der Waals surface area contributed by atoms with Crippen molar-refractivity contribution in [1.82, 2.24) is 4.57 Å². The number of nitrogens with zero attached hydrogens (tertiary/aromatic N) is 1. The molecule has 6 heteroatoms. The maximum Gasteiger partial charge on any atom is 0.259 e. The lowest BCUT2D eigenvalue weighted by Crippen LogP contribution is -2.55. The minimum absolute atomic E-state index is 0.0306. The molecule has 4 saturated carbocycles. The van der Waals surface area contributed by atoms with E-state index in [1.165, 1.54) is 23.8 Å². The third kappa shape index (κ3) is 3.85. The molecule has 2 unspecified atom stereocenters. The average molecular weight is 464 g/mol. The quantitative estimate of drug-likeness (QED) is 0.630. The van der Waals surface area contributed by atoms with Crippen LogP contribution in [0.5, 0.6) is 0 Å². The molecule has 4 fully saturated rings. The zero-order chi connectivity index (χ0) is 24.5. The summed E-state index contributed by atoms with van der Waals surface area (Å²) in [5.41, 5.74) is 6.79. The summed E-state index contributed by atoms with van der Waals surface area (Å²) >= 11 is 0. The second-order valence-corrected chi connectivity index (χ2v) is 12.7. The molecule has 34 heavy (non-hydrogen) atoms. The molecule has 0 aliphatic heterocycles. The van der Waals surface area contributed by atoms with Crippen LogP contribution >= 0.6 is 0 Å². The number of rotatable bonds is 6. The van der Waals surface area contributed by atoms with Crippen molar-refractivity contribution < 1.29 is 9.59 Å². The van der Waals surface area contributed by atoms with Crippen LogP contribution in [-0.4, -0.2) is 16.4 Å². The van der Waals surface area contributed by atoms with E-state index in [0.717, 1.165) is 25.2 Å². The number of pyridine rings is 1. The smallest absolute Gasteiger partial charge is 0.259 e. The molecule has 0 saturated heterocycles. The van der Waals surface area contributed by atoms with Gasteiger partial charge in [0.05, 0.1) is 0 Å². The number of primary amides is 1.